The zero-order valence-electron chi connectivity index (χ0n) is 15.1. The van der Waals surface area contributed by atoms with Gasteiger partial charge in [0, 0.05) is 17.6 Å². The van der Waals surface area contributed by atoms with Gasteiger partial charge in [0.2, 0.25) is 5.91 Å². The van der Waals surface area contributed by atoms with Gasteiger partial charge in [0.05, 0.1) is 12.5 Å². The second-order valence-electron chi connectivity index (χ2n) is 6.04. The number of amides is 2. The first-order chi connectivity index (χ1) is 12.8. The van der Waals surface area contributed by atoms with E-state index in [1.165, 1.54) is 6.92 Å². The van der Waals surface area contributed by atoms with Crippen LogP contribution >= 0.6 is 11.6 Å². The molecule has 0 saturated carbocycles. The lowest BCUT2D eigenvalue weighted by Crippen LogP contribution is -2.29. The molecule has 2 rings (SSSR count). The largest absolute Gasteiger partial charge is 0.455 e. The Morgan fingerprint density at radius 1 is 1.11 bits per heavy atom. The highest BCUT2D eigenvalue weighted by atomic mass is 35.5. The van der Waals surface area contributed by atoms with E-state index >= 15 is 0 Å². The Morgan fingerprint density at radius 3 is 2.44 bits per heavy atom. The molecule has 0 fully saturated rings. The number of halogens is 1. The Labute approximate surface area is 162 Å². The van der Waals surface area contributed by atoms with Crippen LogP contribution in [-0.2, 0) is 19.1 Å². The lowest BCUT2D eigenvalue weighted by molar-refractivity contribution is -0.148. The zero-order chi connectivity index (χ0) is 19.8. The topological polar surface area (TPSA) is 84.5 Å². The molecule has 0 spiro atoms. The van der Waals surface area contributed by atoms with E-state index < -0.39 is 24.5 Å². The molecule has 0 saturated heterocycles. The smallest absolute Gasteiger partial charge is 0.308 e. The van der Waals surface area contributed by atoms with E-state index in [0.717, 1.165) is 11.1 Å². The molecule has 7 heteroatoms. The number of carbonyl (C=O) groups is 3. The van der Waals surface area contributed by atoms with Gasteiger partial charge in [-0.2, -0.15) is 0 Å². The fourth-order valence-electron chi connectivity index (χ4n) is 2.51. The second kappa shape index (κ2) is 9.73. The molecular weight excluding hydrogens is 368 g/mol. The summed E-state index contributed by atoms with van der Waals surface area (Å²) in [7, 11) is 0. The maximum Gasteiger partial charge on any atom is 0.308 e. The van der Waals surface area contributed by atoms with Crippen LogP contribution in [0.2, 0.25) is 5.02 Å². The monoisotopic (exact) mass is 388 g/mol. The normalized spacial score (nSPS) is 11.4. The number of carbonyl (C=O) groups excluding carboxylic acids is 3. The van der Waals surface area contributed by atoms with Crippen LogP contribution in [0.5, 0.6) is 0 Å². The molecular formula is C20H21ClN2O4. The zero-order valence-corrected chi connectivity index (χ0v) is 15.9. The first-order valence-electron chi connectivity index (χ1n) is 8.39. The quantitative estimate of drug-likeness (QED) is 0.712. The van der Waals surface area contributed by atoms with Crippen molar-refractivity contribution in [3.05, 3.63) is 64.7 Å². The molecule has 2 amide bonds. The highest BCUT2D eigenvalue weighted by Crippen LogP contribution is 2.20. The van der Waals surface area contributed by atoms with Crippen molar-refractivity contribution in [1.29, 1.82) is 0 Å². The standard InChI is InChI=1S/C20H21ClN2O4/c1-13-10-16(21)8-9-17(13)23-19(25)12-27-20(26)11-18(22-14(2)24)15-6-4-3-5-7-15/h3-10,18H,11-12H2,1-2H3,(H,22,24)(H,23,25)/t18-/m1/s1. The molecule has 6 nitrogen and oxygen atoms in total. The molecule has 0 heterocycles. The predicted octanol–water partition coefficient (Wildman–Crippen LogP) is 3.40. The Hall–Kier alpha value is -2.86. The van der Waals surface area contributed by atoms with Crippen LogP contribution in [0.1, 0.15) is 30.5 Å². The highest BCUT2D eigenvalue weighted by molar-refractivity contribution is 6.30. The van der Waals surface area contributed by atoms with Crippen molar-refractivity contribution >= 4 is 35.1 Å². The third kappa shape index (κ3) is 6.75. The first kappa shape index (κ1) is 20.5. The van der Waals surface area contributed by atoms with Crippen LogP contribution in [-0.4, -0.2) is 24.4 Å². The van der Waals surface area contributed by atoms with E-state index in [-0.39, 0.29) is 12.3 Å². The molecule has 0 aliphatic carbocycles. The third-order valence-corrected chi connectivity index (χ3v) is 4.01. The summed E-state index contributed by atoms with van der Waals surface area (Å²) in [5.74, 6) is -1.29. The number of benzene rings is 2. The van der Waals surface area contributed by atoms with Gasteiger partial charge in [-0.3, -0.25) is 14.4 Å². The van der Waals surface area contributed by atoms with Gasteiger partial charge in [-0.15, -0.1) is 0 Å². The van der Waals surface area contributed by atoms with Gasteiger partial charge in [-0.05, 0) is 36.2 Å². The number of aryl methyl sites for hydroxylation is 1. The third-order valence-electron chi connectivity index (χ3n) is 3.78. The number of rotatable bonds is 7. The van der Waals surface area contributed by atoms with Crippen molar-refractivity contribution in [3.8, 4) is 0 Å². The van der Waals surface area contributed by atoms with Crippen molar-refractivity contribution in [2.75, 3.05) is 11.9 Å². The van der Waals surface area contributed by atoms with E-state index in [0.29, 0.717) is 10.7 Å². The van der Waals surface area contributed by atoms with E-state index in [4.69, 9.17) is 16.3 Å². The Bertz CT molecular complexity index is 824. The summed E-state index contributed by atoms with van der Waals surface area (Å²) in [6.07, 6.45) is -0.0726. The number of esters is 1. The summed E-state index contributed by atoms with van der Waals surface area (Å²) in [6.45, 7) is 2.77. The van der Waals surface area contributed by atoms with Crippen LogP contribution in [0.3, 0.4) is 0 Å². The number of nitrogens with one attached hydrogen (secondary N) is 2. The molecule has 0 unspecified atom stereocenters. The predicted molar refractivity (Wildman–Crippen MR) is 103 cm³/mol. The maximum absolute atomic E-state index is 12.1. The van der Waals surface area contributed by atoms with Crippen molar-refractivity contribution in [3.63, 3.8) is 0 Å². The van der Waals surface area contributed by atoms with Gasteiger partial charge in [0.25, 0.3) is 5.91 Å². The minimum absolute atomic E-state index is 0.0726. The lowest BCUT2D eigenvalue weighted by atomic mass is 10.0. The van der Waals surface area contributed by atoms with Gasteiger partial charge in [0.15, 0.2) is 6.61 Å². The Morgan fingerprint density at radius 2 is 1.81 bits per heavy atom. The fourth-order valence-corrected chi connectivity index (χ4v) is 2.73. The van der Waals surface area contributed by atoms with Crippen molar-refractivity contribution in [2.24, 2.45) is 0 Å². The molecule has 2 N–H and O–H groups in total. The number of hydrogen-bond donors (Lipinski definition) is 2. The molecule has 0 radical (unpaired) electrons. The molecule has 2 aromatic carbocycles. The van der Waals surface area contributed by atoms with Gasteiger partial charge >= 0.3 is 5.97 Å². The van der Waals surface area contributed by atoms with Crippen molar-refractivity contribution in [1.82, 2.24) is 5.32 Å². The first-order valence-corrected chi connectivity index (χ1v) is 8.76. The number of anilines is 1. The molecule has 0 aliphatic rings. The lowest BCUT2D eigenvalue weighted by Gasteiger charge is -2.17. The average Bonchev–Trinajstić information content (AvgIpc) is 2.62. The average molecular weight is 389 g/mol. The Kier molecular flexibility index (Phi) is 7.37. The number of ether oxygens (including phenoxy) is 1. The van der Waals surface area contributed by atoms with Gasteiger partial charge < -0.3 is 15.4 Å². The molecule has 0 aromatic heterocycles. The van der Waals surface area contributed by atoms with E-state index in [9.17, 15) is 14.4 Å². The van der Waals surface area contributed by atoms with Crippen molar-refractivity contribution < 1.29 is 19.1 Å². The van der Waals surface area contributed by atoms with Gasteiger partial charge in [-0.1, -0.05) is 41.9 Å². The highest BCUT2D eigenvalue weighted by Gasteiger charge is 2.18. The van der Waals surface area contributed by atoms with E-state index in [2.05, 4.69) is 10.6 Å². The van der Waals surface area contributed by atoms with Crippen LogP contribution in [0.4, 0.5) is 5.69 Å². The van der Waals surface area contributed by atoms with Crippen molar-refractivity contribution in [2.45, 2.75) is 26.3 Å². The van der Waals surface area contributed by atoms with E-state index in [1.807, 2.05) is 37.3 Å². The summed E-state index contributed by atoms with van der Waals surface area (Å²) >= 11 is 5.88. The minimum Gasteiger partial charge on any atom is -0.455 e. The fraction of sp³-hybridized carbons (Fsp3) is 0.250. The summed E-state index contributed by atoms with van der Waals surface area (Å²) in [6, 6.07) is 13.6. The molecule has 27 heavy (non-hydrogen) atoms. The number of hydrogen-bond acceptors (Lipinski definition) is 4. The molecule has 1 atom stereocenters. The second-order valence-corrected chi connectivity index (χ2v) is 6.47. The van der Waals surface area contributed by atoms with Crippen LogP contribution < -0.4 is 10.6 Å². The molecule has 0 bridgehead atoms. The maximum atomic E-state index is 12.1. The molecule has 0 aliphatic heterocycles. The van der Waals surface area contributed by atoms with Crippen LogP contribution in [0.15, 0.2) is 48.5 Å². The van der Waals surface area contributed by atoms with Gasteiger partial charge in [-0.25, -0.2) is 0 Å². The van der Waals surface area contributed by atoms with E-state index in [1.54, 1.807) is 18.2 Å². The van der Waals surface area contributed by atoms with Gasteiger partial charge in [0.1, 0.15) is 0 Å². The SMILES string of the molecule is CC(=O)N[C@H](CC(=O)OCC(=O)Nc1ccc(Cl)cc1C)c1ccccc1. The van der Waals surface area contributed by atoms with Crippen LogP contribution in [0.25, 0.3) is 0 Å². The van der Waals surface area contributed by atoms with Crippen LogP contribution in [0, 0.1) is 6.92 Å². The molecule has 2 aromatic rings. The molecule has 142 valence electrons. The Balaban J connectivity index is 1.89. The summed E-state index contributed by atoms with van der Waals surface area (Å²) in [5.41, 5.74) is 2.18. The summed E-state index contributed by atoms with van der Waals surface area (Å²) in [5, 5.41) is 5.95. The summed E-state index contributed by atoms with van der Waals surface area (Å²) in [4.78, 5) is 35.5. The summed E-state index contributed by atoms with van der Waals surface area (Å²) < 4.78 is 5.04. The minimum atomic E-state index is -0.583.